The first-order chi connectivity index (χ1) is 59.1. The van der Waals surface area contributed by atoms with Gasteiger partial charge in [0.1, 0.15) is 41.2 Å². The van der Waals surface area contributed by atoms with Crippen LogP contribution < -0.4 is 5.32 Å². The molecule has 5 unspecified atom stereocenters. The van der Waals surface area contributed by atoms with Gasteiger partial charge in [0.15, 0.2) is 6.19 Å². The summed E-state index contributed by atoms with van der Waals surface area (Å²) < 4.78 is 56.5. The number of benzene rings is 6. The van der Waals surface area contributed by atoms with Gasteiger partial charge < -0.3 is 67.5 Å². The lowest BCUT2D eigenvalue weighted by Gasteiger charge is -2.24. The summed E-state index contributed by atoms with van der Waals surface area (Å²) >= 11 is 0. The van der Waals surface area contributed by atoms with Gasteiger partial charge in [-0.1, -0.05) is 146 Å². The number of carbonyl (C=O) groups excluding carboxylic acids is 5. The Kier molecular flexibility index (Phi) is 37.1. The van der Waals surface area contributed by atoms with Gasteiger partial charge >= 0.3 is 33.5 Å². The van der Waals surface area contributed by atoms with E-state index in [4.69, 9.17) is 31.4 Å². The van der Waals surface area contributed by atoms with E-state index in [1.165, 1.54) is 87.8 Å². The van der Waals surface area contributed by atoms with Crippen molar-refractivity contribution in [3.05, 3.63) is 205 Å². The van der Waals surface area contributed by atoms with E-state index in [9.17, 15) is 33.1 Å². The molecule has 5 fully saturated rings. The molecule has 0 aliphatic carbocycles. The third-order valence-corrected chi connectivity index (χ3v) is 24.3. The van der Waals surface area contributed by atoms with Gasteiger partial charge in [-0.3, -0.25) is 29.2 Å². The number of amides is 3. The fourth-order valence-electron chi connectivity index (χ4n) is 13.8. The largest absolute Gasteiger partial charge is 0.444 e. The molecule has 9 aromatic rings. The Morgan fingerprint density at radius 3 is 1.19 bits per heavy atom. The third-order valence-electron chi connectivity index (χ3n) is 20.4. The first-order valence-corrected chi connectivity index (χ1v) is 45.0. The van der Waals surface area contributed by atoms with Gasteiger partial charge in [-0.2, -0.15) is 25.3 Å². The topological polar surface area (TPSA) is 355 Å². The van der Waals surface area contributed by atoms with Crippen LogP contribution in [0.3, 0.4) is 0 Å². The molecule has 4 N–H and O–H groups in total. The second kappa shape index (κ2) is 46.9. The van der Waals surface area contributed by atoms with E-state index in [0.29, 0.717) is 56.8 Å². The third kappa shape index (κ3) is 31.4. The highest BCUT2D eigenvalue weighted by atomic mass is 31.2. The quantitative estimate of drug-likeness (QED) is 0.00906. The number of ketones is 1. The molecule has 6 aromatic carbocycles. The van der Waals surface area contributed by atoms with E-state index < -0.39 is 32.0 Å². The molecular formula is C94H120N14O14P2. The molecular weight excluding hydrogens is 1610 g/mol. The molecule has 3 amide bonds. The van der Waals surface area contributed by atoms with E-state index in [1.54, 1.807) is 19.6 Å². The summed E-state index contributed by atoms with van der Waals surface area (Å²) in [4.78, 5) is 66.0. The van der Waals surface area contributed by atoms with Gasteiger partial charge in [-0.05, 0) is 178 Å². The molecule has 5 atom stereocenters. The van der Waals surface area contributed by atoms with Crippen LogP contribution in [0.2, 0.25) is 0 Å². The van der Waals surface area contributed by atoms with Gasteiger partial charge in [0, 0.05) is 158 Å². The van der Waals surface area contributed by atoms with Gasteiger partial charge in [0.25, 0.3) is 5.71 Å². The number of ether oxygens (including phenoxy) is 3. The van der Waals surface area contributed by atoms with E-state index in [1.807, 2.05) is 92.6 Å². The summed E-state index contributed by atoms with van der Waals surface area (Å²) in [6, 6.07) is 63.0. The minimum Gasteiger partial charge on any atom is -0.444 e. The summed E-state index contributed by atoms with van der Waals surface area (Å²) in [5.74, 6) is 3.83. The number of Topliss-reactive ketones (excluding diaryl/α,β-unsaturated/α-hetero) is 1. The van der Waals surface area contributed by atoms with Crippen LogP contribution >= 0.6 is 15.2 Å². The smallest absolute Gasteiger partial charge is 0.410 e. The van der Waals surface area contributed by atoms with Crippen molar-refractivity contribution in [1.82, 2.24) is 55.5 Å². The summed E-state index contributed by atoms with van der Waals surface area (Å²) in [5, 5.41) is 35.5. The molecule has 124 heavy (non-hydrogen) atoms. The number of aromatic nitrogens is 6. The summed E-state index contributed by atoms with van der Waals surface area (Å²) in [6.07, 6.45) is 12.2. The molecule has 0 radical (unpaired) electrons. The van der Waals surface area contributed by atoms with E-state index in [2.05, 4.69) is 223 Å². The fraction of sp³-hybridized carbons (Fsp3) is 0.426. The van der Waals surface area contributed by atoms with E-state index in [-0.39, 0.29) is 54.1 Å². The van der Waals surface area contributed by atoms with Crippen LogP contribution in [0.25, 0.3) is 72.7 Å². The highest BCUT2D eigenvalue weighted by Crippen LogP contribution is 2.47. The Labute approximate surface area is 729 Å². The zero-order valence-corrected chi connectivity index (χ0v) is 75.8. The normalized spacial score (nSPS) is 17.2. The first kappa shape index (κ1) is 98.0. The summed E-state index contributed by atoms with van der Waals surface area (Å²) in [6.45, 7) is 27.2. The maximum Gasteiger partial charge on any atom is 0.410 e. The lowest BCUT2D eigenvalue weighted by Crippen LogP contribution is -2.35. The SMILES string of the molecule is C#CC1CCN(C(=O)OC(C)(C)C)C1.CC(C)(C)OC(=O)N1CCC(C=O)C1.CC(C)(C)OC(=O)N1CCC(c2cc(-c3cccc(-c4ccccc4)c3)n[nH]2)C1.COP(=O)(CC(C)=O)OC.COP(=O)(CC(C)=[N+]=[N-])OC.N#CN1CCC(c2cc(-c3cccc(-c4ccccc4)c3)n[nH]2)C1.c1ccc(-c2cccc(-c3cc(C4CCNC4)[nH]n3)c2)cc1. The first-order valence-electron chi connectivity index (χ1n) is 41.5. The maximum atomic E-state index is 12.3. The molecule has 5 saturated heterocycles. The Hall–Kier alpha value is -11.4. The number of hydrogen-bond donors (Lipinski definition) is 4. The summed E-state index contributed by atoms with van der Waals surface area (Å²) in [7, 11) is -1.04. The standard InChI is InChI=1S/C24H27N3O2.C20H18N4.C19H19N3.C11H17NO2.C10H17NO3.C5H11N2O3P.C5H11O4P/c1-24(2,3)29-23(28)27-13-12-20(16-27)22-15-21(25-26-22)19-11-7-10-18(14-19)17-8-5-4-6-9-17;21-14-24-10-9-18(13-24)20-12-19(22-23-20)17-8-4-7-16(11-17)15-5-2-1-3-6-15;1-2-5-14(6-3-1)15-7-4-8-16(11-15)18-12-19(22-21-18)17-9-10-20-13-17;1-5-9-6-7-12(8-9)10(13)14-11(2,3)4;1-10(2,3)14-9(13)11-5-4-8(6-11)7-12;1-5(7-6)4-11(8,9-2)10-3;1-5(6)4-10(7,8-2)9-3/h4-11,14-15,20H,12-13,16H2,1-3H3,(H,25,26);1-8,11-12,18H,9-10,13H2,(H,22,23);1-8,11-12,17,20H,9-10,13H2,(H,21,22);1,9H,6-8H2,2-4H3;7-8H,4-6H2,1-3H3;4H2,1-3H3;4H2,1-3H3. The lowest BCUT2D eigenvalue weighted by molar-refractivity contribution is -0.115. The number of carbonyl (C=O) groups is 5. The Bertz CT molecular complexity index is 5150. The molecule has 8 heterocycles. The van der Waals surface area contributed by atoms with Crippen LogP contribution in [0.15, 0.2) is 182 Å². The second-order valence-electron chi connectivity index (χ2n) is 33.6. The van der Waals surface area contributed by atoms with Crippen LogP contribution in [0.4, 0.5) is 14.4 Å². The van der Waals surface area contributed by atoms with Crippen LogP contribution in [0, 0.1) is 35.6 Å². The number of nitrogens with zero attached hydrogens (tertiary/aromatic N) is 10. The van der Waals surface area contributed by atoms with Crippen molar-refractivity contribution >= 4 is 51.3 Å². The number of likely N-dealkylation sites (tertiary alicyclic amines) is 4. The van der Waals surface area contributed by atoms with Crippen molar-refractivity contribution in [2.24, 2.45) is 11.8 Å². The number of nitriles is 1. The van der Waals surface area contributed by atoms with Gasteiger partial charge in [0.2, 0.25) is 0 Å². The predicted molar refractivity (Wildman–Crippen MR) is 483 cm³/mol. The number of hydrogen-bond acceptors (Lipinski definition) is 20. The van der Waals surface area contributed by atoms with Gasteiger partial charge in [0.05, 0.1) is 17.1 Å². The van der Waals surface area contributed by atoms with Gasteiger partial charge in [-0.15, -0.1) is 12.3 Å². The number of H-pyrrole nitrogens is 3. The molecule has 3 aromatic heterocycles. The van der Waals surface area contributed by atoms with Crippen LogP contribution in [-0.2, 0) is 51.0 Å². The fourth-order valence-corrected chi connectivity index (χ4v) is 15.8. The number of aldehydes is 1. The zero-order chi connectivity index (χ0) is 90.2. The molecule has 0 spiro atoms. The van der Waals surface area contributed by atoms with Crippen LogP contribution in [-0.4, -0.2) is 214 Å². The molecule has 0 bridgehead atoms. The molecule has 0 saturated carbocycles. The Morgan fingerprint density at radius 1 is 0.484 bits per heavy atom. The molecule has 28 nitrogen and oxygen atoms in total. The Morgan fingerprint density at radius 2 is 0.847 bits per heavy atom. The minimum absolute atomic E-state index is 0.0104. The van der Waals surface area contributed by atoms with E-state index >= 15 is 0 Å². The monoisotopic (exact) mass is 1730 g/mol. The van der Waals surface area contributed by atoms with Gasteiger partial charge in [-0.25, -0.2) is 14.4 Å². The summed E-state index contributed by atoms with van der Waals surface area (Å²) in [5.41, 5.74) is 24.1. The lowest BCUT2D eigenvalue weighted by atomic mass is 10.0. The van der Waals surface area contributed by atoms with Crippen molar-refractivity contribution in [3.63, 3.8) is 0 Å². The number of nitrogens with one attached hydrogen (secondary N) is 4. The maximum absolute atomic E-state index is 12.3. The van der Waals surface area contributed by atoms with Crippen molar-refractivity contribution in [1.29, 1.82) is 5.26 Å². The van der Waals surface area contributed by atoms with Crippen molar-refractivity contribution in [2.75, 3.05) is 106 Å². The average molecular weight is 1730 g/mol. The highest BCUT2D eigenvalue weighted by molar-refractivity contribution is 7.55. The number of aromatic amines is 3. The molecule has 14 rings (SSSR count). The number of terminal acetylenes is 1. The van der Waals surface area contributed by atoms with Crippen molar-refractivity contribution < 1.29 is 70.2 Å². The van der Waals surface area contributed by atoms with Crippen LogP contribution in [0.1, 0.15) is 143 Å². The Balaban J connectivity index is 0.000000185. The zero-order valence-electron chi connectivity index (χ0n) is 74.0. The minimum atomic E-state index is -3.09. The highest BCUT2D eigenvalue weighted by Gasteiger charge is 2.34. The predicted octanol–water partition coefficient (Wildman–Crippen LogP) is 18.8. The number of rotatable bonds is 18. The van der Waals surface area contributed by atoms with Crippen molar-refractivity contribution in [3.8, 4) is 85.7 Å². The second-order valence-corrected chi connectivity index (χ2v) is 38.1. The average Bonchev–Trinajstić information content (AvgIpc) is 1.65. The molecule has 660 valence electrons. The molecule has 30 heteroatoms. The van der Waals surface area contributed by atoms with Crippen LogP contribution in [0.5, 0.6) is 0 Å². The van der Waals surface area contributed by atoms with E-state index in [0.717, 1.165) is 103 Å². The molecule has 5 aliphatic rings. The molecule has 5 aliphatic heterocycles. The van der Waals surface area contributed by atoms with Crippen molar-refractivity contribution in [2.45, 2.75) is 143 Å².